The van der Waals surface area contributed by atoms with Crippen molar-refractivity contribution in [2.24, 2.45) is 0 Å². The molecule has 21 heavy (non-hydrogen) atoms. The summed E-state index contributed by atoms with van der Waals surface area (Å²) in [5.41, 5.74) is 1.75. The molecule has 0 aliphatic heterocycles. The Morgan fingerprint density at radius 1 is 1.05 bits per heavy atom. The summed E-state index contributed by atoms with van der Waals surface area (Å²) in [5.74, 6) is -0.0146. The van der Waals surface area contributed by atoms with Crippen molar-refractivity contribution >= 4 is 40.7 Å². The van der Waals surface area contributed by atoms with Crippen LogP contribution in [0.3, 0.4) is 0 Å². The Hall–Kier alpha value is -1.22. The molecule has 2 aromatic rings. The molecule has 5 heteroatoms. The Labute approximate surface area is 139 Å². The average Bonchev–Trinajstić information content (AvgIpc) is 2.41. The van der Waals surface area contributed by atoms with Crippen molar-refractivity contribution in [2.45, 2.75) is 13.0 Å². The van der Waals surface area contributed by atoms with E-state index in [2.05, 4.69) is 0 Å². The third kappa shape index (κ3) is 4.63. The first kappa shape index (κ1) is 16.2. The fraction of sp³-hybridized carbons (Fsp3) is 0.188. The summed E-state index contributed by atoms with van der Waals surface area (Å²) in [4.78, 5) is 13.9. The van der Waals surface area contributed by atoms with Crippen LogP contribution in [0.15, 0.2) is 42.5 Å². The molecular weight excluding hydrogens is 329 g/mol. The summed E-state index contributed by atoms with van der Waals surface area (Å²) in [6.07, 6.45) is 0.243. The maximum Gasteiger partial charge on any atom is 0.227 e. The topological polar surface area (TPSA) is 20.3 Å². The van der Waals surface area contributed by atoms with Gasteiger partial charge in [0.05, 0.1) is 6.42 Å². The summed E-state index contributed by atoms with van der Waals surface area (Å²) in [6.45, 7) is 0.505. The molecule has 0 saturated heterocycles. The van der Waals surface area contributed by atoms with E-state index >= 15 is 0 Å². The van der Waals surface area contributed by atoms with E-state index in [0.717, 1.165) is 11.1 Å². The van der Waals surface area contributed by atoms with E-state index in [0.29, 0.717) is 21.6 Å². The number of benzene rings is 2. The van der Waals surface area contributed by atoms with Crippen molar-refractivity contribution < 1.29 is 4.79 Å². The number of amides is 1. The van der Waals surface area contributed by atoms with Crippen LogP contribution < -0.4 is 0 Å². The number of rotatable bonds is 4. The van der Waals surface area contributed by atoms with Crippen LogP contribution in [0.25, 0.3) is 0 Å². The van der Waals surface area contributed by atoms with Crippen molar-refractivity contribution in [3.05, 3.63) is 68.7 Å². The first-order chi connectivity index (χ1) is 9.95. The van der Waals surface area contributed by atoms with Crippen LogP contribution in [0.5, 0.6) is 0 Å². The van der Waals surface area contributed by atoms with Crippen molar-refractivity contribution in [1.29, 1.82) is 0 Å². The molecular formula is C16H14Cl3NO. The zero-order valence-corrected chi connectivity index (χ0v) is 13.7. The molecule has 0 saturated carbocycles. The highest BCUT2D eigenvalue weighted by atomic mass is 35.5. The predicted molar refractivity (Wildman–Crippen MR) is 88.1 cm³/mol. The molecule has 0 radical (unpaired) electrons. The minimum atomic E-state index is -0.0146. The highest BCUT2D eigenvalue weighted by Gasteiger charge is 2.12. The van der Waals surface area contributed by atoms with Crippen LogP contribution >= 0.6 is 34.8 Å². The van der Waals surface area contributed by atoms with Gasteiger partial charge in [0.2, 0.25) is 5.91 Å². The van der Waals surface area contributed by atoms with Crippen LogP contribution in [0, 0.1) is 0 Å². The first-order valence-electron chi connectivity index (χ1n) is 6.38. The van der Waals surface area contributed by atoms with Gasteiger partial charge in [0.15, 0.2) is 0 Å². The molecule has 2 nitrogen and oxygen atoms in total. The maximum atomic E-state index is 12.2. The van der Waals surface area contributed by atoms with Gasteiger partial charge in [-0.2, -0.15) is 0 Å². The van der Waals surface area contributed by atoms with E-state index in [1.165, 1.54) is 0 Å². The monoisotopic (exact) mass is 341 g/mol. The molecule has 2 rings (SSSR count). The molecule has 0 N–H and O–H groups in total. The molecule has 110 valence electrons. The quantitative estimate of drug-likeness (QED) is 0.778. The molecule has 0 bridgehead atoms. The number of hydrogen-bond donors (Lipinski definition) is 0. The Morgan fingerprint density at radius 2 is 1.76 bits per heavy atom. The SMILES string of the molecule is CN(Cc1cccc(Cl)c1)C(=O)Cc1ccc(Cl)cc1Cl. The Morgan fingerprint density at radius 3 is 2.43 bits per heavy atom. The van der Waals surface area contributed by atoms with Gasteiger partial charge in [0, 0.05) is 28.7 Å². The minimum absolute atomic E-state index is 0.0146. The van der Waals surface area contributed by atoms with Crippen molar-refractivity contribution in [1.82, 2.24) is 4.90 Å². The van der Waals surface area contributed by atoms with Gasteiger partial charge in [-0.05, 0) is 35.4 Å². The van der Waals surface area contributed by atoms with Crippen LogP contribution in [0.2, 0.25) is 15.1 Å². The largest absolute Gasteiger partial charge is 0.341 e. The molecule has 2 aromatic carbocycles. The van der Waals surface area contributed by atoms with Gasteiger partial charge in [-0.25, -0.2) is 0 Å². The zero-order valence-electron chi connectivity index (χ0n) is 11.4. The third-order valence-electron chi connectivity index (χ3n) is 3.09. The number of nitrogens with zero attached hydrogens (tertiary/aromatic N) is 1. The smallest absolute Gasteiger partial charge is 0.227 e. The molecule has 0 aliphatic carbocycles. The number of likely N-dealkylation sites (N-methyl/N-ethyl adjacent to an activating group) is 1. The lowest BCUT2D eigenvalue weighted by Crippen LogP contribution is -2.27. The van der Waals surface area contributed by atoms with E-state index in [1.54, 1.807) is 36.2 Å². The van der Waals surface area contributed by atoms with Crippen molar-refractivity contribution in [3.8, 4) is 0 Å². The van der Waals surface area contributed by atoms with Crippen molar-refractivity contribution in [3.63, 3.8) is 0 Å². The molecule has 0 atom stereocenters. The van der Waals surface area contributed by atoms with E-state index < -0.39 is 0 Å². The summed E-state index contributed by atoms with van der Waals surface area (Å²) in [6, 6.07) is 12.6. The van der Waals surface area contributed by atoms with Crippen LogP contribution in [0.1, 0.15) is 11.1 Å². The van der Waals surface area contributed by atoms with Crippen molar-refractivity contribution in [2.75, 3.05) is 7.05 Å². The standard InChI is InChI=1S/C16H14Cl3NO/c1-20(10-11-3-2-4-13(17)7-11)16(21)8-12-5-6-14(18)9-15(12)19/h2-7,9H,8,10H2,1H3. The number of carbonyl (C=O) groups is 1. The number of hydrogen-bond acceptors (Lipinski definition) is 1. The highest BCUT2D eigenvalue weighted by Crippen LogP contribution is 2.22. The molecule has 1 amide bonds. The normalized spacial score (nSPS) is 10.5. The highest BCUT2D eigenvalue weighted by molar-refractivity contribution is 6.35. The molecule has 0 fully saturated rings. The second kappa shape index (κ2) is 7.17. The molecule has 0 heterocycles. The zero-order chi connectivity index (χ0) is 15.4. The Balaban J connectivity index is 2.02. The molecule has 0 aromatic heterocycles. The van der Waals surface area contributed by atoms with E-state index in [9.17, 15) is 4.79 Å². The summed E-state index contributed by atoms with van der Waals surface area (Å²) < 4.78 is 0. The molecule has 0 unspecified atom stereocenters. The lowest BCUT2D eigenvalue weighted by atomic mass is 10.1. The van der Waals surface area contributed by atoms with Gasteiger partial charge in [-0.1, -0.05) is 53.0 Å². The number of halogens is 3. The van der Waals surface area contributed by atoms with Gasteiger partial charge in [-0.15, -0.1) is 0 Å². The van der Waals surface area contributed by atoms with Gasteiger partial charge in [-0.3, -0.25) is 4.79 Å². The fourth-order valence-electron chi connectivity index (χ4n) is 1.96. The van der Waals surface area contributed by atoms with E-state index in [4.69, 9.17) is 34.8 Å². The fourth-order valence-corrected chi connectivity index (χ4v) is 2.65. The van der Waals surface area contributed by atoms with Gasteiger partial charge in [0.1, 0.15) is 0 Å². The lowest BCUT2D eigenvalue weighted by molar-refractivity contribution is -0.129. The van der Waals surface area contributed by atoms with Crippen LogP contribution in [-0.2, 0) is 17.8 Å². The lowest BCUT2D eigenvalue weighted by Gasteiger charge is -2.18. The molecule has 0 spiro atoms. The third-order valence-corrected chi connectivity index (χ3v) is 3.91. The van der Waals surface area contributed by atoms with Gasteiger partial charge >= 0.3 is 0 Å². The second-order valence-electron chi connectivity index (χ2n) is 4.79. The summed E-state index contributed by atoms with van der Waals surface area (Å²) in [7, 11) is 1.76. The average molecular weight is 343 g/mol. The van der Waals surface area contributed by atoms with Crippen LogP contribution in [0.4, 0.5) is 0 Å². The van der Waals surface area contributed by atoms with Crippen LogP contribution in [-0.4, -0.2) is 17.9 Å². The first-order valence-corrected chi connectivity index (χ1v) is 7.51. The van der Waals surface area contributed by atoms with E-state index in [-0.39, 0.29) is 12.3 Å². The summed E-state index contributed by atoms with van der Waals surface area (Å²) >= 11 is 17.9. The Bertz CT molecular complexity index is 658. The second-order valence-corrected chi connectivity index (χ2v) is 6.07. The summed E-state index contributed by atoms with van der Waals surface area (Å²) in [5, 5.41) is 1.73. The molecule has 0 aliphatic rings. The Kier molecular flexibility index (Phi) is 5.51. The van der Waals surface area contributed by atoms with Gasteiger partial charge < -0.3 is 4.90 Å². The minimum Gasteiger partial charge on any atom is -0.341 e. The maximum absolute atomic E-state index is 12.2. The predicted octanol–water partition coefficient (Wildman–Crippen LogP) is 4.85. The number of carbonyl (C=O) groups excluding carboxylic acids is 1. The van der Waals surface area contributed by atoms with Gasteiger partial charge in [0.25, 0.3) is 0 Å². The van der Waals surface area contributed by atoms with E-state index in [1.807, 2.05) is 18.2 Å².